The van der Waals surface area contributed by atoms with Crippen molar-refractivity contribution in [1.82, 2.24) is 16.0 Å². The third-order valence-corrected chi connectivity index (χ3v) is 5.44. The SMILES string of the molecule is CC(C)C(N)C(=O)NC(Cc1ccccc1)C(=O)NC(C(=O)NC(CCC(=O)O)C(=O)O)C(C)C. The van der Waals surface area contributed by atoms with Gasteiger partial charge in [0.1, 0.15) is 18.1 Å². The van der Waals surface area contributed by atoms with Crippen molar-refractivity contribution in [3.8, 4) is 0 Å². The lowest BCUT2D eigenvalue weighted by Gasteiger charge is -2.27. The summed E-state index contributed by atoms with van der Waals surface area (Å²) in [5.74, 6) is -5.09. The average molecular weight is 493 g/mol. The Balaban J connectivity index is 3.05. The van der Waals surface area contributed by atoms with E-state index in [-0.39, 0.29) is 18.8 Å². The Morgan fingerprint density at radius 2 is 1.37 bits per heavy atom. The average Bonchev–Trinajstić information content (AvgIpc) is 2.78. The van der Waals surface area contributed by atoms with Crippen molar-refractivity contribution >= 4 is 29.7 Å². The van der Waals surface area contributed by atoms with Gasteiger partial charge in [-0.15, -0.1) is 0 Å². The Labute approximate surface area is 204 Å². The van der Waals surface area contributed by atoms with Gasteiger partial charge < -0.3 is 31.9 Å². The molecule has 4 unspecified atom stereocenters. The van der Waals surface area contributed by atoms with Gasteiger partial charge in [-0.1, -0.05) is 58.0 Å². The minimum atomic E-state index is -1.43. The van der Waals surface area contributed by atoms with Crippen molar-refractivity contribution < 1.29 is 34.2 Å². The third kappa shape index (κ3) is 10.1. The topological polar surface area (TPSA) is 188 Å². The molecule has 11 heteroatoms. The van der Waals surface area contributed by atoms with Crippen LogP contribution in [-0.4, -0.2) is 64.0 Å². The highest BCUT2D eigenvalue weighted by Crippen LogP contribution is 2.09. The smallest absolute Gasteiger partial charge is 0.326 e. The zero-order valence-corrected chi connectivity index (χ0v) is 20.5. The summed E-state index contributed by atoms with van der Waals surface area (Å²) in [6.45, 7) is 6.88. The molecule has 0 bridgehead atoms. The number of hydrogen-bond acceptors (Lipinski definition) is 6. The molecule has 0 radical (unpaired) electrons. The van der Waals surface area contributed by atoms with Crippen LogP contribution in [0, 0.1) is 11.8 Å². The molecular weight excluding hydrogens is 456 g/mol. The van der Waals surface area contributed by atoms with Gasteiger partial charge >= 0.3 is 11.9 Å². The molecule has 0 saturated heterocycles. The molecule has 4 atom stereocenters. The summed E-state index contributed by atoms with van der Waals surface area (Å²) in [5.41, 5.74) is 6.70. The van der Waals surface area contributed by atoms with Crippen LogP contribution in [0.25, 0.3) is 0 Å². The van der Waals surface area contributed by atoms with Gasteiger partial charge in [-0.3, -0.25) is 19.2 Å². The highest BCUT2D eigenvalue weighted by Gasteiger charge is 2.32. The van der Waals surface area contributed by atoms with Crippen molar-refractivity contribution in [3.63, 3.8) is 0 Å². The summed E-state index contributed by atoms with van der Waals surface area (Å²) in [6, 6.07) is 4.56. The first kappa shape index (κ1) is 29.6. The molecule has 0 heterocycles. The molecule has 1 aromatic carbocycles. The maximum atomic E-state index is 13.2. The van der Waals surface area contributed by atoms with E-state index in [2.05, 4.69) is 16.0 Å². The number of nitrogens with one attached hydrogen (secondary N) is 3. The summed E-state index contributed by atoms with van der Waals surface area (Å²) in [7, 11) is 0. The Morgan fingerprint density at radius 3 is 1.86 bits per heavy atom. The summed E-state index contributed by atoms with van der Waals surface area (Å²) in [5, 5.41) is 25.7. The van der Waals surface area contributed by atoms with Gasteiger partial charge in [-0.25, -0.2) is 4.79 Å². The number of hydrogen-bond donors (Lipinski definition) is 6. The maximum absolute atomic E-state index is 13.2. The number of carbonyl (C=O) groups excluding carboxylic acids is 3. The first-order valence-corrected chi connectivity index (χ1v) is 11.5. The molecule has 0 aliphatic rings. The van der Waals surface area contributed by atoms with Gasteiger partial charge in [0.15, 0.2) is 0 Å². The Morgan fingerprint density at radius 1 is 0.800 bits per heavy atom. The predicted octanol–water partition coefficient (Wildman–Crippen LogP) is 0.272. The monoisotopic (exact) mass is 492 g/mol. The first-order valence-electron chi connectivity index (χ1n) is 11.5. The van der Waals surface area contributed by atoms with Crippen LogP contribution in [-0.2, 0) is 30.4 Å². The molecule has 194 valence electrons. The molecule has 0 spiro atoms. The van der Waals surface area contributed by atoms with Gasteiger partial charge in [0.05, 0.1) is 6.04 Å². The Kier molecular flexibility index (Phi) is 11.9. The number of benzene rings is 1. The number of rotatable bonds is 14. The fraction of sp³-hybridized carbons (Fsp3) is 0.542. The molecular formula is C24H36N4O7. The molecule has 0 fully saturated rings. The molecule has 11 nitrogen and oxygen atoms in total. The van der Waals surface area contributed by atoms with E-state index >= 15 is 0 Å². The lowest BCUT2D eigenvalue weighted by Crippen LogP contribution is -2.59. The molecule has 0 aliphatic carbocycles. The van der Waals surface area contributed by atoms with E-state index in [1.54, 1.807) is 52.0 Å². The van der Waals surface area contributed by atoms with E-state index in [0.717, 1.165) is 5.56 Å². The molecule has 1 rings (SSSR count). The number of nitrogens with two attached hydrogens (primary N) is 1. The number of carbonyl (C=O) groups is 5. The fourth-order valence-corrected chi connectivity index (χ4v) is 3.21. The zero-order chi connectivity index (χ0) is 26.7. The highest BCUT2D eigenvalue weighted by atomic mass is 16.4. The van der Waals surface area contributed by atoms with Crippen LogP contribution < -0.4 is 21.7 Å². The predicted molar refractivity (Wildman–Crippen MR) is 128 cm³/mol. The van der Waals surface area contributed by atoms with Crippen molar-refractivity contribution in [3.05, 3.63) is 35.9 Å². The van der Waals surface area contributed by atoms with Crippen molar-refractivity contribution in [2.24, 2.45) is 17.6 Å². The van der Waals surface area contributed by atoms with Gasteiger partial charge in [0.2, 0.25) is 17.7 Å². The van der Waals surface area contributed by atoms with Crippen molar-refractivity contribution in [2.45, 2.75) is 71.1 Å². The molecule has 35 heavy (non-hydrogen) atoms. The van der Waals surface area contributed by atoms with Crippen molar-refractivity contribution in [1.29, 1.82) is 0 Å². The summed E-state index contributed by atoms with van der Waals surface area (Å²) in [4.78, 5) is 60.9. The second-order valence-electron chi connectivity index (χ2n) is 9.08. The van der Waals surface area contributed by atoms with Crippen molar-refractivity contribution in [2.75, 3.05) is 0 Å². The van der Waals surface area contributed by atoms with Crippen LogP contribution in [0.15, 0.2) is 30.3 Å². The number of aliphatic carboxylic acids is 2. The fourth-order valence-electron chi connectivity index (χ4n) is 3.21. The van der Waals surface area contributed by atoms with Crippen LogP contribution in [0.5, 0.6) is 0 Å². The lowest BCUT2D eigenvalue weighted by molar-refractivity contribution is -0.143. The largest absolute Gasteiger partial charge is 0.481 e. The maximum Gasteiger partial charge on any atom is 0.326 e. The van der Waals surface area contributed by atoms with E-state index in [1.807, 2.05) is 6.07 Å². The van der Waals surface area contributed by atoms with Crippen LogP contribution in [0.3, 0.4) is 0 Å². The van der Waals surface area contributed by atoms with Crippen LogP contribution in [0.1, 0.15) is 46.1 Å². The molecule has 7 N–H and O–H groups in total. The molecule has 0 aliphatic heterocycles. The summed E-state index contributed by atoms with van der Waals surface area (Å²) in [6.07, 6.45) is -0.613. The first-order chi connectivity index (χ1) is 16.3. The standard InChI is InChI=1S/C24H36N4O7/c1-13(2)19(25)22(32)27-17(12-15-8-6-5-7-9-15)21(31)28-20(14(3)4)23(33)26-16(24(34)35)10-11-18(29)30/h5-9,13-14,16-17,19-20H,10-12,25H2,1-4H3,(H,26,33)(H,27,32)(H,28,31)(H,29,30)(H,34,35). The van der Waals surface area contributed by atoms with Crippen LogP contribution in [0.4, 0.5) is 0 Å². The summed E-state index contributed by atoms with van der Waals surface area (Å²) >= 11 is 0. The van der Waals surface area contributed by atoms with E-state index in [0.29, 0.717) is 0 Å². The molecule has 3 amide bonds. The Hall–Kier alpha value is -3.47. The quantitative estimate of drug-likeness (QED) is 0.213. The minimum Gasteiger partial charge on any atom is -0.481 e. The van der Waals surface area contributed by atoms with Gasteiger partial charge in [0, 0.05) is 12.8 Å². The second-order valence-corrected chi connectivity index (χ2v) is 9.08. The number of amides is 3. The Bertz CT molecular complexity index is 889. The summed E-state index contributed by atoms with van der Waals surface area (Å²) < 4.78 is 0. The zero-order valence-electron chi connectivity index (χ0n) is 20.5. The van der Waals surface area contributed by atoms with Gasteiger partial charge in [-0.2, -0.15) is 0 Å². The van der Waals surface area contributed by atoms with Gasteiger partial charge in [0.25, 0.3) is 0 Å². The van der Waals surface area contributed by atoms with E-state index in [9.17, 15) is 29.1 Å². The van der Waals surface area contributed by atoms with E-state index in [1.165, 1.54) is 0 Å². The molecule has 0 saturated carbocycles. The van der Waals surface area contributed by atoms with Crippen LogP contribution >= 0.6 is 0 Å². The second kappa shape index (κ2) is 14.1. The third-order valence-electron chi connectivity index (χ3n) is 5.44. The van der Waals surface area contributed by atoms with Crippen LogP contribution in [0.2, 0.25) is 0 Å². The van der Waals surface area contributed by atoms with E-state index < -0.39 is 66.2 Å². The molecule has 1 aromatic rings. The van der Waals surface area contributed by atoms with E-state index in [4.69, 9.17) is 10.8 Å². The number of carboxylic acid groups (broad SMARTS) is 2. The number of carboxylic acids is 2. The lowest BCUT2D eigenvalue weighted by atomic mass is 9.99. The van der Waals surface area contributed by atoms with Gasteiger partial charge in [-0.05, 0) is 23.8 Å². The normalized spacial score (nSPS) is 14.5. The highest BCUT2D eigenvalue weighted by molar-refractivity contribution is 5.94. The molecule has 0 aromatic heterocycles. The minimum absolute atomic E-state index is 0.145.